The second kappa shape index (κ2) is 6.87. The summed E-state index contributed by atoms with van der Waals surface area (Å²) in [6.07, 6.45) is 5.43. The lowest BCUT2D eigenvalue weighted by molar-refractivity contribution is 0.0217. The summed E-state index contributed by atoms with van der Waals surface area (Å²) in [4.78, 5) is 12.8. The van der Waals surface area contributed by atoms with Crippen LogP contribution in [0.25, 0.3) is 11.3 Å². The van der Waals surface area contributed by atoms with Gasteiger partial charge in [0.15, 0.2) is 4.88 Å². The van der Waals surface area contributed by atoms with E-state index in [2.05, 4.69) is 9.59 Å². The first-order valence-corrected chi connectivity index (χ1v) is 8.23. The molecule has 0 unspecified atom stereocenters. The Morgan fingerprint density at radius 1 is 1.18 bits per heavy atom. The lowest BCUT2D eigenvalue weighted by Gasteiger charge is -2.21. The van der Waals surface area contributed by atoms with Gasteiger partial charge < -0.3 is 9.47 Å². The Labute approximate surface area is 133 Å². The summed E-state index contributed by atoms with van der Waals surface area (Å²) in [7, 11) is 1.62. The van der Waals surface area contributed by atoms with Gasteiger partial charge >= 0.3 is 5.97 Å². The second-order valence-corrected chi connectivity index (χ2v) is 6.10. The van der Waals surface area contributed by atoms with Crippen molar-refractivity contribution in [2.45, 2.75) is 38.2 Å². The topological polar surface area (TPSA) is 61.3 Å². The van der Waals surface area contributed by atoms with Crippen molar-refractivity contribution < 1.29 is 14.3 Å². The van der Waals surface area contributed by atoms with E-state index >= 15 is 0 Å². The molecule has 2 aromatic rings. The summed E-state index contributed by atoms with van der Waals surface area (Å²) in [5, 5.41) is 4.08. The maximum Gasteiger partial charge on any atom is 0.352 e. The lowest BCUT2D eigenvalue weighted by Crippen LogP contribution is -2.20. The molecule has 1 aromatic carbocycles. The minimum Gasteiger partial charge on any atom is -0.497 e. The number of esters is 1. The molecule has 0 spiro atoms. The quantitative estimate of drug-likeness (QED) is 0.804. The molecule has 5 nitrogen and oxygen atoms in total. The van der Waals surface area contributed by atoms with Crippen molar-refractivity contribution in [2.24, 2.45) is 0 Å². The number of nitrogens with zero attached hydrogens (tertiary/aromatic N) is 2. The van der Waals surface area contributed by atoms with Gasteiger partial charge in [0.25, 0.3) is 0 Å². The molecule has 6 heteroatoms. The summed E-state index contributed by atoms with van der Waals surface area (Å²) in [6, 6.07) is 7.41. The van der Waals surface area contributed by atoms with Crippen LogP contribution >= 0.6 is 11.5 Å². The fourth-order valence-electron chi connectivity index (χ4n) is 2.65. The molecule has 0 saturated heterocycles. The lowest BCUT2D eigenvalue weighted by atomic mass is 9.98. The van der Waals surface area contributed by atoms with Crippen LogP contribution in [0.2, 0.25) is 0 Å². The van der Waals surface area contributed by atoms with Crippen molar-refractivity contribution >= 4 is 17.5 Å². The minimum atomic E-state index is -0.312. The van der Waals surface area contributed by atoms with Crippen LogP contribution in [0, 0.1) is 0 Å². The van der Waals surface area contributed by atoms with Gasteiger partial charge in [0.1, 0.15) is 17.5 Å². The number of hydrogen-bond donors (Lipinski definition) is 0. The molecule has 0 N–H and O–H groups in total. The largest absolute Gasteiger partial charge is 0.497 e. The Hall–Kier alpha value is -1.95. The third-order valence-electron chi connectivity index (χ3n) is 3.86. The average Bonchev–Trinajstić information content (AvgIpc) is 3.05. The normalized spacial score (nSPS) is 15.5. The fraction of sp³-hybridized carbons (Fsp3) is 0.438. The molecule has 116 valence electrons. The van der Waals surface area contributed by atoms with Gasteiger partial charge in [-0.25, -0.2) is 4.79 Å². The molecule has 0 bridgehead atoms. The molecular weight excluding hydrogens is 300 g/mol. The predicted octanol–water partition coefficient (Wildman–Crippen LogP) is 3.70. The molecule has 22 heavy (non-hydrogen) atoms. The van der Waals surface area contributed by atoms with E-state index in [1.807, 2.05) is 24.3 Å². The van der Waals surface area contributed by atoms with Gasteiger partial charge in [-0.2, -0.15) is 0 Å². The summed E-state index contributed by atoms with van der Waals surface area (Å²) in [5.74, 6) is 0.450. The molecule has 1 heterocycles. The van der Waals surface area contributed by atoms with Crippen molar-refractivity contribution in [2.75, 3.05) is 7.11 Å². The van der Waals surface area contributed by atoms with Crippen LogP contribution in [0.1, 0.15) is 41.8 Å². The first kappa shape index (κ1) is 15.0. The smallest absolute Gasteiger partial charge is 0.352 e. The van der Waals surface area contributed by atoms with Gasteiger partial charge in [0.05, 0.1) is 7.11 Å². The third kappa shape index (κ3) is 3.27. The SMILES string of the molecule is COc1ccc(-c2nnsc2C(=O)OC2CCCCC2)cc1. The van der Waals surface area contributed by atoms with Crippen molar-refractivity contribution in [3.05, 3.63) is 29.1 Å². The fourth-order valence-corrected chi connectivity index (χ4v) is 3.22. The Morgan fingerprint density at radius 3 is 2.59 bits per heavy atom. The third-order valence-corrected chi connectivity index (χ3v) is 4.57. The van der Waals surface area contributed by atoms with Crippen LogP contribution in [0.4, 0.5) is 0 Å². The van der Waals surface area contributed by atoms with Crippen LogP contribution in [-0.4, -0.2) is 28.8 Å². The first-order valence-electron chi connectivity index (χ1n) is 7.45. The number of benzene rings is 1. The zero-order valence-electron chi connectivity index (χ0n) is 12.4. The number of methoxy groups -OCH3 is 1. The van der Waals surface area contributed by atoms with Crippen LogP contribution in [-0.2, 0) is 4.74 Å². The molecular formula is C16H18N2O3S. The monoisotopic (exact) mass is 318 g/mol. The molecule has 0 radical (unpaired) electrons. The number of ether oxygens (including phenoxy) is 2. The van der Waals surface area contributed by atoms with E-state index in [0.29, 0.717) is 10.6 Å². The van der Waals surface area contributed by atoms with Gasteiger partial charge in [-0.1, -0.05) is 10.9 Å². The summed E-state index contributed by atoms with van der Waals surface area (Å²) in [5.41, 5.74) is 1.42. The van der Waals surface area contributed by atoms with Crippen LogP contribution in [0.5, 0.6) is 5.75 Å². The first-order chi connectivity index (χ1) is 10.8. The van der Waals surface area contributed by atoms with Gasteiger partial charge in [-0.15, -0.1) is 5.10 Å². The second-order valence-electron chi connectivity index (χ2n) is 5.34. The number of rotatable bonds is 4. The van der Waals surface area contributed by atoms with E-state index in [1.54, 1.807) is 7.11 Å². The maximum absolute atomic E-state index is 12.4. The average molecular weight is 318 g/mol. The maximum atomic E-state index is 12.4. The van der Waals surface area contributed by atoms with Crippen LogP contribution in [0.3, 0.4) is 0 Å². The molecule has 0 atom stereocenters. The van der Waals surface area contributed by atoms with E-state index in [1.165, 1.54) is 6.42 Å². The molecule has 1 aromatic heterocycles. The van der Waals surface area contributed by atoms with Gasteiger partial charge in [-0.3, -0.25) is 0 Å². The van der Waals surface area contributed by atoms with Crippen molar-refractivity contribution in [1.29, 1.82) is 0 Å². The molecule has 0 aliphatic heterocycles. The molecule has 3 rings (SSSR count). The van der Waals surface area contributed by atoms with Gasteiger partial charge in [0.2, 0.25) is 0 Å². The highest BCUT2D eigenvalue weighted by molar-refractivity contribution is 7.08. The van der Waals surface area contributed by atoms with Crippen LogP contribution < -0.4 is 4.74 Å². The Morgan fingerprint density at radius 2 is 1.91 bits per heavy atom. The Kier molecular flexibility index (Phi) is 4.68. The Bertz CT molecular complexity index is 633. The number of carbonyl (C=O) groups is 1. The van der Waals surface area contributed by atoms with Gasteiger partial charge in [0, 0.05) is 5.56 Å². The standard InChI is InChI=1S/C16H18N2O3S/c1-20-12-9-7-11(8-10-12)14-15(22-18-17-14)16(19)21-13-5-3-2-4-6-13/h7-10,13H,2-6H2,1H3. The van der Waals surface area contributed by atoms with E-state index in [9.17, 15) is 4.79 Å². The van der Waals surface area contributed by atoms with Crippen molar-refractivity contribution in [3.63, 3.8) is 0 Å². The van der Waals surface area contributed by atoms with E-state index in [0.717, 1.165) is 48.5 Å². The molecule has 1 aliphatic rings. The molecule has 1 fully saturated rings. The number of hydrogen-bond acceptors (Lipinski definition) is 6. The predicted molar refractivity (Wildman–Crippen MR) is 84.2 cm³/mol. The van der Waals surface area contributed by atoms with Crippen molar-refractivity contribution in [3.8, 4) is 17.0 Å². The highest BCUT2D eigenvalue weighted by Gasteiger charge is 2.23. The molecule has 0 amide bonds. The summed E-state index contributed by atoms with van der Waals surface area (Å²) >= 11 is 1.08. The summed E-state index contributed by atoms with van der Waals surface area (Å²) < 4.78 is 14.7. The molecule has 1 aliphatic carbocycles. The van der Waals surface area contributed by atoms with E-state index < -0.39 is 0 Å². The Balaban J connectivity index is 1.76. The number of carbonyl (C=O) groups excluding carboxylic acids is 1. The van der Waals surface area contributed by atoms with E-state index in [4.69, 9.17) is 9.47 Å². The van der Waals surface area contributed by atoms with E-state index in [-0.39, 0.29) is 12.1 Å². The minimum absolute atomic E-state index is 0.0343. The zero-order chi connectivity index (χ0) is 15.4. The van der Waals surface area contributed by atoms with Gasteiger partial charge in [-0.05, 0) is 61.5 Å². The number of aromatic nitrogens is 2. The highest BCUT2D eigenvalue weighted by Crippen LogP contribution is 2.28. The molecule has 1 saturated carbocycles. The zero-order valence-corrected chi connectivity index (χ0v) is 13.3. The van der Waals surface area contributed by atoms with Crippen LogP contribution in [0.15, 0.2) is 24.3 Å². The highest BCUT2D eigenvalue weighted by atomic mass is 32.1. The summed E-state index contributed by atoms with van der Waals surface area (Å²) in [6.45, 7) is 0. The van der Waals surface area contributed by atoms with Crippen molar-refractivity contribution in [1.82, 2.24) is 9.59 Å².